The van der Waals surface area contributed by atoms with Gasteiger partial charge >= 0.3 is 0 Å². The van der Waals surface area contributed by atoms with Gasteiger partial charge in [-0.3, -0.25) is 0 Å². The molecular formula is C26H34N2O4. The van der Waals surface area contributed by atoms with E-state index in [0.29, 0.717) is 12.1 Å². The zero-order chi connectivity index (χ0) is 22.8. The summed E-state index contributed by atoms with van der Waals surface area (Å²) in [5.41, 5.74) is 2.71. The largest absolute Gasteiger partial charge is 0.393 e. The van der Waals surface area contributed by atoms with Crippen LogP contribution in [0.15, 0.2) is 18.2 Å². The molecule has 3 saturated carbocycles. The van der Waals surface area contributed by atoms with Gasteiger partial charge in [0.1, 0.15) is 6.10 Å². The molecule has 4 N–H and O–H groups in total. The van der Waals surface area contributed by atoms with Crippen LogP contribution in [0.5, 0.6) is 0 Å². The van der Waals surface area contributed by atoms with Gasteiger partial charge in [0.05, 0.1) is 33.9 Å². The Hall–Kier alpha value is -1.60. The van der Waals surface area contributed by atoms with Crippen molar-refractivity contribution in [2.45, 2.75) is 82.7 Å². The van der Waals surface area contributed by atoms with E-state index in [1.54, 1.807) is 0 Å². The molecule has 172 valence electrons. The first kappa shape index (κ1) is 21.0. The first-order chi connectivity index (χ1) is 15.0. The minimum absolute atomic E-state index is 0.0647. The summed E-state index contributed by atoms with van der Waals surface area (Å²) in [7, 11) is 0. The lowest BCUT2D eigenvalue weighted by atomic mass is 9.41. The van der Waals surface area contributed by atoms with E-state index in [9.17, 15) is 20.4 Å². The van der Waals surface area contributed by atoms with Gasteiger partial charge < -0.3 is 20.4 Å². The molecule has 0 amide bonds. The third-order valence-electron chi connectivity index (χ3n) is 9.96. The van der Waals surface area contributed by atoms with E-state index in [-0.39, 0.29) is 35.0 Å². The summed E-state index contributed by atoms with van der Waals surface area (Å²) >= 11 is 0. The van der Waals surface area contributed by atoms with Gasteiger partial charge in [0.2, 0.25) is 5.79 Å². The van der Waals surface area contributed by atoms with E-state index < -0.39 is 23.4 Å². The van der Waals surface area contributed by atoms with Crippen LogP contribution in [0.2, 0.25) is 0 Å². The maximum atomic E-state index is 11.9. The fraction of sp³-hybridized carbons (Fsp3) is 0.692. The van der Waals surface area contributed by atoms with Gasteiger partial charge in [-0.15, -0.1) is 0 Å². The average Bonchev–Trinajstić information content (AvgIpc) is 2.86. The highest BCUT2D eigenvalue weighted by atomic mass is 16.5. The topological polar surface area (TPSA) is 107 Å². The predicted molar refractivity (Wildman–Crippen MR) is 120 cm³/mol. The standard InChI is InChI=1S/C26H34N2O4/c1-12-5-8-16-17(11-12)27-21-14-6-7-15-19-18(29)9-10-24(3,4)20(19)23(30)26(31,32)25(15,13(14)2)22(21)28-16/h5,8,11,13-15,18-20,23,29-32H,6-7,9-10H2,1-4H3/t13-,14-,15?,18+,19?,20?,23+,25+/m1/s1. The van der Waals surface area contributed by atoms with Gasteiger partial charge in [-0.25, -0.2) is 9.97 Å². The van der Waals surface area contributed by atoms with Crippen LogP contribution >= 0.6 is 0 Å². The van der Waals surface area contributed by atoms with Gasteiger partial charge in [-0.1, -0.05) is 26.8 Å². The van der Waals surface area contributed by atoms with E-state index in [2.05, 4.69) is 20.8 Å². The number of aliphatic hydroxyl groups is 4. The molecule has 0 aliphatic heterocycles. The number of aryl methyl sites for hydroxylation is 1. The van der Waals surface area contributed by atoms with E-state index in [1.165, 1.54) is 0 Å². The van der Waals surface area contributed by atoms with E-state index in [4.69, 9.17) is 9.97 Å². The molecule has 1 aromatic carbocycles. The van der Waals surface area contributed by atoms with Crippen molar-refractivity contribution in [2.24, 2.45) is 29.1 Å². The van der Waals surface area contributed by atoms with Crippen LogP contribution in [0.4, 0.5) is 0 Å². The van der Waals surface area contributed by atoms with E-state index >= 15 is 0 Å². The fourth-order valence-electron chi connectivity index (χ4n) is 8.57. The first-order valence-corrected chi connectivity index (χ1v) is 12.1. The lowest BCUT2D eigenvalue weighted by Crippen LogP contribution is -2.76. The summed E-state index contributed by atoms with van der Waals surface area (Å²) in [5, 5.41) is 46.5. The molecule has 6 rings (SSSR count). The molecule has 2 bridgehead atoms. The van der Waals surface area contributed by atoms with Gasteiger partial charge in [0.15, 0.2) is 0 Å². The Labute approximate surface area is 188 Å². The summed E-state index contributed by atoms with van der Waals surface area (Å²) in [6, 6.07) is 5.95. The predicted octanol–water partition coefficient (Wildman–Crippen LogP) is 2.79. The second-order valence-electron chi connectivity index (χ2n) is 11.8. The van der Waals surface area contributed by atoms with Crippen molar-refractivity contribution in [3.63, 3.8) is 0 Å². The molecule has 3 unspecified atom stereocenters. The number of fused-ring (bicyclic) bond motifs is 6. The Morgan fingerprint density at radius 2 is 1.75 bits per heavy atom. The van der Waals surface area contributed by atoms with Gasteiger partial charge in [0, 0.05) is 11.8 Å². The fourth-order valence-corrected chi connectivity index (χ4v) is 8.57. The molecule has 0 radical (unpaired) electrons. The molecule has 3 fully saturated rings. The maximum absolute atomic E-state index is 11.9. The lowest BCUT2D eigenvalue weighted by Gasteiger charge is -2.66. The Morgan fingerprint density at radius 1 is 1.00 bits per heavy atom. The van der Waals surface area contributed by atoms with E-state index in [0.717, 1.165) is 41.6 Å². The Morgan fingerprint density at radius 3 is 2.50 bits per heavy atom. The van der Waals surface area contributed by atoms with Crippen molar-refractivity contribution in [1.82, 2.24) is 9.97 Å². The van der Waals surface area contributed by atoms with Crippen LogP contribution in [-0.4, -0.2) is 48.4 Å². The van der Waals surface area contributed by atoms with Crippen LogP contribution in [0.25, 0.3) is 11.0 Å². The maximum Gasteiger partial charge on any atom is 0.201 e. The van der Waals surface area contributed by atoms with Crippen molar-refractivity contribution < 1.29 is 20.4 Å². The summed E-state index contributed by atoms with van der Waals surface area (Å²) in [4.78, 5) is 10.0. The summed E-state index contributed by atoms with van der Waals surface area (Å²) in [5.74, 6) is -3.19. The minimum Gasteiger partial charge on any atom is -0.393 e. The van der Waals surface area contributed by atoms with Crippen LogP contribution in [-0.2, 0) is 5.41 Å². The molecule has 8 atom stereocenters. The molecule has 1 spiro atoms. The number of benzene rings is 1. The summed E-state index contributed by atoms with van der Waals surface area (Å²) in [6.07, 6.45) is 1.15. The molecule has 0 saturated heterocycles. The van der Waals surface area contributed by atoms with Crippen molar-refractivity contribution in [1.29, 1.82) is 0 Å². The smallest absolute Gasteiger partial charge is 0.201 e. The lowest BCUT2D eigenvalue weighted by molar-refractivity contribution is -0.354. The summed E-state index contributed by atoms with van der Waals surface area (Å²) < 4.78 is 0. The minimum atomic E-state index is -2.34. The highest BCUT2D eigenvalue weighted by molar-refractivity contribution is 5.76. The Balaban J connectivity index is 1.64. The Bertz CT molecular complexity index is 1110. The number of nitrogens with zero attached hydrogens (tertiary/aromatic N) is 2. The van der Waals surface area contributed by atoms with E-state index in [1.807, 2.05) is 25.1 Å². The SMILES string of the molecule is Cc1ccc2nc3c(nc2c1)[C@@H]1CCC2C4C([C@H](O)C(O)(O)[C@]32[C@@H]1C)C(C)(C)CC[C@@H]4O. The average molecular weight is 439 g/mol. The molecule has 6 nitrogen and oxygen atoms in total. The molecule has 1 heterocycles. The number of hydrogen-bond acceptors (Lipinski definition) is 6. The highest BCUT2D eigenvalue weighted by Gasteiger charge is 2.77. The van der Waals surface area contributed by atoms with Crippen LogP contribution in [0, 0.1) is 36.0 Å². The second kappa shape index (κ2) is 6.29. The molecule has 32 heavy (non-hydrogen) atoms. The molecule has 4 aliphatic carbocycles. The number of aliphatic hydroxyl groups excluding tert-OH is 2. The second-order valence-corrected chi connectivity index (χ2v) is 11.8. The number of rotatable bonds is 0. The molecule has 4 aliphatic rings. The van der Waals surface area contributed by atoms with Gasteiger partial charge in [-0.05, 0) is 73.5 Å². The number of aromatic nitrogens is 2. The van der Waals surface area contributed by atoms with Crippen molar-refractivity contribution in [3.8, 4) is 0 Å². The van der Waals surface area contributed by atoms with Gasteiger partial charge in [0.25, 0.3) is 0 Å². The third kappa shape index (κ3) is 2.25. The summed E-state index contributed by atoms with van der Waals surface area (Å²) in [6.45, 7) is 8.26. The van der Waals surface area contributed by atoms with Crippen molar-refractivity contribution >= 4 is 11.0 Å². The number of hydrogen-bond donors (Lipinski definition) is 4. The normalized spacial score (nSPS) is 43.4. The van der Waals surface area contributed by atoms with Crippen LogP contribution < -0.4 is 0 Å². The zero-order valence-corrected chi connectivity index (χ0v) is 19.3. The van der Waals surface area contributed by atoms with Crippen LogP contribution in [0.1, 0.15) is 69.3 Å². The Kier molecular flexibility index (Phi) is 4.12. The van der Waals surface area contributed by atoms with Gasteiger partial charge in [-0.2, -0.15) is 0 Å². The van der Waals surface area contributed by atoms with Crippen molar-refractivity contribution in [2.75, 3.05) is 0 Å². The molecular weight excluding hydrogens is 404 g/mol. The highest BCUT2D eigenvalue weighted by Crippen LogP contribution is 2.71. The molecule has 2 aromatic rings. The molecule has 6 heteroatoms. The molecule has 1 aromatic heterocycles. The quantitative estimate of drug-likeness (QED) is 0.471. The van der Waals surface area contributed by atoms with Crippen molar-refractivity contribution in [3.05, 3.63) is 35.2 Å². The zero-order valence-electron chi connectivity index (χ0n) is 19.3. The first-order valence-electron chi connectivity index (χ1n) is 12.1. The van der Waals surface area contributed by atoms with Crippen LogP contribution in [0.3, 0.4) is 0 Å². The third-order valence-corrected chi connectivity index (χ3v) is 9.96. The monoisotopic (exact) mass is 438 g/mol.